The number of rotatable bonds is 7. The molecule has 5 nitrogen and oxygen atoms in total. The minimum absolute atomic E-state index is 0.115. The van der Waals surface area contributed by atoms with Gasteiger partial charge in [-0.25, -0.2) is 9.97 Å². The fourth-order valence-corrected chi connectivity index (χ4v) is 4.56. The average molecular weight is 449 g/mol. The Labute approximate surface area is 181 Å². The van der Waals surface area contributed by atoms with Crippen LogP contribution < -0.4 is 5.32 Å². The summed E-state index contributed by atoms with van der Waals surface area (Å²) in [6.07, 6.45) is -2.09. The molecule has 1 fully saturated rings. The lowest BCUT2D eigenvalue weighted by molar-refractivity contribution is -0.176. The summed E-state index contributed by atoms with van der Waals surface area (Å²) in [6, 6.07) is 6.92. The van der Waals surface area contributed by atoms with Gasteiger partial charge in [0.1, 0.15) is 17.3 Å². The molecule has 2 aromatic heterocycles. The zero-order valence-corrected chi connectivity index (χ0v) is 18.0. The molecule has 164 valence electrons. The van der Waals surface area contributed by atoms with Crippen molar-refractivity contribution in [2.24, 2.45) is 0 Å². The van der Waals surface area contributed by atoms with Crippen molar-refractivity contribution in [1.82, 2.24) is 15.3 Å². The van der Waals surface area contributed by atoms with Gasteiger partial charge in [0.2, 0.25) is 0 Å². The molecule has 1 amide bonds. The van der Waals surface area contributed by atoms with Crippen LogP contribution in [0.3, 0.4) is 0 Å². The standard InChI is InChI=1S/C22H22F3N3O2S/c1-12-17-13(2)27-19(16-7-8-16)28-21(17)31-18(12)20(29)26-9-14-3-5-15(6-4-14)10-30-11-22(23,24)25/h3-6,16H,7-11H2,1-2H3,(H,26,29). The SMILES string of the molecule is Cc1nc(C2CC2)nc2sc(C(=O)NCc3ccc(COCC(F)(F)F)cc3)c(C)c12. The Morgan fingerprint density at radius 3 is 2.48 bits per heavy atom. The van der Waals surface area contributed by atoms with Crippen LogP contribution in [0.25, 0.3) is 10.2 Å². The van der Waals surface area contributed by atoms with Crippen LogP contribution >= 0.6 is 11.3 Å². The molecule has 1 aliphatic carbocycles. The number of hydrogen-bond donors (Lipinski definition) is 1. The Kier molecular flexibility index (Phi) is 5.98. The summed E-state index contributed by atoms with van der Waals surface area (Å²) in [5.41, 5.74) is 3.27. The maximum absolute atomic E-state index is 12.8. The number of hydrogen-bond acceptors (Lipinski definition) is 5. The summed E-state index contributed by atoms with van der Waals surface area (Å²) in [4.78, 5) is 23.5. The van der Waals surface area contributed by atoms with Crippen LogP contribution in [-0.4, -0.2) is 28.7 Å². The van der Waals surface area contributed by atoms with E-state index < -0.39 is 12.8 Å². The average Bonchev–Trinajstić information content (AvgIpc) is 3.50. The van der Waals surface area contributed by atoms with Gasteiger partial charge in [0.05, 0.1) is 17.2 Å². The van der Waals surface area contributed by atoms with Crippen molar-refractivity contribution < 1.29 is 22.7 Å². The van der Waals surface area contributed by atoms with Crippen molar-refractivity contribution >= 4 is 27.5 Å². The zero-order valence-electron chi connectivity index (χ0n) is 17.2. The van der Waals surface area contributed by atoms with Crippen LogP contribution in [0.4, 0.5) is 13.2 Å². The summed E-state index contributed by atoms with van der Waals surface area (Å²) >= 11 is 1.38. The summed E-state index contributed by atoms with van der Waals surface area (Å²) in [5.74, 6) is 1.15. The van der Waals surface area contributed by atoms with Gasteiger partial charge in [-0.05, 0) is 43.4 Å². The van der Waals surface area contributed by atoms with Crippen LogP contribution in [0.1, 0.15) is 56.6 Å². The summed E-state index contributed by atoms with van der Waals surface area (Å²) in [7, 11) is 0. The maximum Gasteiger partial charge on any atom is 0.411 e. The molecular weight excluding hydrogens is 427 g/mol. The van der Waals surface area contributed by atoms with Gasteiger partial charge in [0.15, 0.2) is 0 Å². The Morgan fingerprint density at radius 1 is 1.16 bits per heavy atom. The van der Waals surface area contributed by atoms with Gasteiger partial charge in [0, 0.05) is 17.8 Å². The molecule has 31 heavy (non-hydrogen) atoms. The molecule has 0 spiro atoms. The molecule has 1 saturated carbocycles. The predicted octanol–water partition coefficient (Wildman–Crippen LogP) is 5.19. The number of halogens is 3. The number of aromatic nitrogens is 2. The summed E-state index contributed by atoms with van der Waals surface area (Å²) in [6.45, 7) is 2.80. The molecule has 4 rings (SSSR count). The fraction of sp³-hybridized carbons (Fsp3) is 0.409. The van der Waals surface area contributed by atoms with Crippen molar-refractivity contribution in [1.29, 1.82) is 0 Å². The number of nitrogens with one attached hydrogen (secondary N) is 1. The van der Waals surface area contributed by atoms with Crippen molar-refractivity contribution in [3.05, 3.63) is 57.4 Å². The second-order valence-corrected chi connectivity index (χ2v) is 8.78. The van der Waals surface area contributed by atoms with E-state index in [0.29, 0.717) is 22.9 Å². The number of ether oxygens (including phenoxy) is 1. The number of nitrogens with zero attached hydrogens (tertiary/aromatic N) is 2. The number of fused-ring (bicyclic) bond motifs is 1. The lowest BCUT2D eigenvalue weighted by atomic mass is 10.1. The van der Waals surface area contributed by atoms with Crippen molar-refractivity contribution in [2.75, 3.05) is 6.61 Å². The maximum atomic E-state index is 12.8. The highest BCUT2D eigenvalue weighted by molar-refractivity contribution is 7.20. The molecule has 0 bridgehead atoms. The van der Waals surface area contributed by atoms with E-state index in [9.17, 15) is 18.0 Å². The molecule has 0 saturated heterocycles. The quantitative estimate of drug-likeness (QED) is 0.539. The number of amides is 1. The van der Waals surface area contributed by atoms with Gasteiger partial charge in [-0.15, -0.1) is 11.3 Å². The molecule has 1 aromatic carbocycles. The normalized spacial score (nSPS) is 14.2. The number of thiophene rings is 1. The summed E-state index contributed by atoms with van der Waals surface area (Å²) < 4.78 is 41.1. The van der Waals surface area contributed by atoms with E-state index in [2.05, 4.69) is 20.0 Å². The Morgan fingerprint density at radius 2 is 1.84 bits per heavy atom. The van der Waals surface area contributed by atoms with E-state index in [0.717, 1.165) is 45.7 Å². The molecule has 0 atom stereocenters. The highest BCUT2D eigenvalue weighted by Crippen LogP contribution is 2.40. The lowest BCUT2D eigenvalue weighted by Gasteiger charge is -2.09. The topological polar surface area (TPSA) is 64.1 Å². The molecule has 0 aliphatic heterocycles. The first kappa shape index (κ1) is 21.7. The van der Waals surface area contributed by atoms with Gasteiger partial charge in [0.25, 0.3) is 5.91 Å². The van der Waals surface area contributed by atoms with E-state index in [1.807, 2.05) is 13.8 Å². The monoisotopic (exact) mass is 449 g/mol. The van der Waals surface area contributed by atoms with Gasteiger partial charge in [-0.3, -0.25) is 4.79 Å². The lowest BCUT2D eigenvalue weighted by Crippen LogP contribution is -2.22. The number of carbonyl (C=O) groups is 1. The summed E-state index contributed by atoms with van der Waals surface area (Å²) in [5, 5.41) is 3.86. The first-order chi connectivity index (χ1) is 14.7. The van der Waals surface area contributed by atoms with Gasteiger partial charge < -0.3 is 10.1 Å². The van der Waals surface area contributed by atoms with Crippen LogP contribution in [0.15, 0.2) is 24.3 Å². The van der Waals surface area contributed by atoms with E-state index in [1.54, 1.807) is 24.3 Å². The third-order valence-corrected chi connectivity index (χ3v) is 6.33. The van der Waals surface area contributed by atoms with Crippen LogP contribution in [0.2, 0.25) is 0 Å². The highest BCUT2D eigenvalue weighted by Gasteiger charge is 2.29. The first-order valence-corrected chi connectivity index (χ1v) is 10.8. The van der Waals surface area contributed by atoms with Crippen LogP contribution in [0.5, 0.6) is 0 Å². The number of alkyl halides is 3. The smallest absolute Gasteiger partial charge is 0.367 e. The fourth-order valence-electron chi connectivity index (χ4n) is 3.40. The molecule has 1 aliphatic rings. The molecule has 9 heteroatoms. The molecule has 0 unspecified atom stereocenters. The second kappa shape index (κ2) is 8.55. The van der Waals surface area contributed by atoms with E-state index in [1.165, 1.54) is 11.3 Å². The highest BCUT2D eigenvalue weighted by atomic mass is 32.1. The Bertz CT molecular complexity index is 1110. The van der Waals surface area contributed by atoms with Crippen LogP contribution in [-0.2, 0) is 17.9 Å². The number of carbonyl (C=O) groups excluding carboxylic acids is 1. The Hall–Kier alpha value is -2.52. The van der Waals surface area contributed by atoms with Crippen molar-refractivity contribution in [3.8, 4) is 0 Å². The Balaban J connectivity index is 1.39. The van der Waals surface area contributed by atoms with Crippen molar-refractivity contribution in [3.63, 3.8) is 0 Å². The van der Waals surface area contributed by atoms with E-state index >= 15 is 0 Å². The number of aryl methyl sites for hydroxylation is 2. The molecule has 1 N–H and O–H groups in total. The number of benzene rings is 1. The molecule has 3 aromatic rings. The predicted molar refractivity (Wildman–Crippen MR) is 112 cm³/mol. The van der Waals surface area contributed by atoms with Gasteiger partial charge in [-0.2, -0.15) is 13.2 Å². The third kappa shape index (κ3) is 5.22. The van der Waals surface area contributed by atoms with Crippen LogP contribution in [0, 0.1) is 13.8 Å². The van der Waals surface area contributed by atoms with E-state index in [4.69, 9.17) is 0 Å². The molecule has 0 radical (unpaired) electrons. The largest absolute Gasteiger partial charge is 0.411 e. The minimum atomic E-state index is -4.33. The van der Waals surface area contributed by atoms with Gasteiger partial charge >= 0.3 is 6.18 Å². The first-order valence-electron chi connectivity index (χ1n) is 9.99. The van der Waals surface area contributed by atoms with E-state index in [-0.39, 0.29) is 12.5 Å². The minimum Gasteiger partial charge on any atom is -0.367 e. The zero-order chi connectivity index (χ0) is 22.2. The van der Waals surface area contributed by atoms with Crippen molar-refractivity contribution in [2.45, 2.75) is 51.9 Å². The third-order valence-electron chi connectivity index (χ3n) is 5.15. The molecule has 2 heterocycles. The van der Waals surface area contributed by atoms with Gasteiger partial charge in [-0.1, -0.05) is 24.3 Å². The second-order valence-electron chi connectivity index (χ2n) is 7.78. The molecular formula is C22H22F3N3O2S.